The first-order valence-corrected chi connectivity index (χ1v) is 13.6. The average molecular weight is 541 g/mol. The van der Waals surface area contributed by atoms with Gasteiger partial charge in [0.1, 0.15) is 17.3 Å². The van der Waals surface area contributed by atoms with E-state index in [4.69, 9.17) is 4.74 Å². The third-order valence-electron chi connectivity index (χ3n) is 8.16. The molecule has 4 aromatic rings. The molecule has 5 N–H and O–H groups in total. The van der Waals surface area contributed by atoms with E-state index in [9.17, 15) is 25.5 Å². The Labute approximate surface area is 234 Å². The molecule has 0 amide bonds. The van der Waals surface area contributed by atoms with Gasteiger partial charge in [-0.25, -0.2) is 0 Å². The highest BCUT2D eigenvalue weighted by Gasteiger charge is 2.72. The first kappa shape index (κ1) is 28.2. The number of ether oxygens (including phenoxy) is 1. The molecule has 1 heterocycles. The van der Waals surface area contributed by atoms with Crippen LogP contribution in [0.15, 0.2) is 121 Å². The van der Waals surface area contributed by atoms with Gasteiger partial charge in [0.05, 0.1) is 6.10 Å². The van der Waals surface area contributed by atoms with Crippen LogP contribution in [-0.4, -0.2) is 60.8 Å². The molecular formula is C34H36O6. The van der Waals surface area contributed by atoms with Crippen LogP contribution in [0.1, 0.15) is 22.3 Å². The fraction of sp³-hybridized carbons (Fsp3) is 0.294. The molecule has 0 aromatic heterocycles. The average Bonchev–Trinajstić information content (AvgIpc) is 2.97. The minimum Gasteiger partial charge on any atom is -0.390 e. The maximum Gasteiger partial charge on any atom is 0.187 e. The standard InChI is InChI=1S/C34H36O6/c35-29(21-25-13-5-1-6-14-25)30-32(37,22-26-15-7-2-8-16-26)34(39,24-28-19-11-4-12-20-28)33(38,31(36)40-30)23-27-17-9-3-10-18-27/h1-20,29-31,35-39H,21-24H2/t29?,30-,31?,32-,33+,34+/m1/s1. The highest BCUT2D eigenvalue weighted by atomic mass is 16.6. The van der Waals surface area contributed by atoms with Crippen molar-refractivity contribution in [3.8, 4) is 0 Å². The predicted octanol–water partition coefficient (Wildman–Crippen LogP) is 3.23. The molecule has 2 unspecified atom stereocenters. The van der Waals surface area contributed by atoms with Crippen molar-refractivity contribution in [1.29, 1.82) is 0 Å². The molecule has 0 aliphatic carbocycles. The number of hydrogen-bond donors (Lipinski definition) is 5. The molecule has 1 aliphatic rings. The van der Waals surface area contributed by atoms with E-state index in [1.54, 1.807) is 36.4 Å². The van der Waals surface area contributed by atoms with E-state index in [2.05, 4.69) is 0 Å². The van der Waals surface area contributed by atoms with E-state index in [1.165, 1.54) is 0 Å². The third-order valence-corrected chi connectivity index (χ3v) is 8.16. The molecule has 1 saturated heterocycles. The van der Waals surface area contributed by atoms with Crippen molar-refractivity contribution in [3.63, 3.8) is 0 Å². The van der Waals surface area contributed by atoms with Crippen molar-refractivity contribution >= 4 is 0 Å². The van der Waals surface area contributed by atoms with E-state index in [-0.39, 0.29) is 25.7 Å². The molecule has 1 fully saturated rings. The van der Waals surface area contributed by atoms with E-state index >= 15 is 0 Å². The zero-order chi connectivity index (χ0) is 28.2. The molecule has 0 bridgehead atoms. The summed E-state index contributed by atoms with van der Waals surface area (Å²) in [5, 5.41) is 60.8. The fourth-order valence-electron chi connectivity index (χ4n) is 6.04. The van der Waals surface area contributed by atoms with Crippen molar-refractivity contribution in [2.45, 2.75) is 61.0 Å². The first-order valence-electron chi connectivity index (χ1n) is 13.6. The van der Waals surface area contributed by atoms with Gasteiger partial charge < -0.3 is 30.3 Å². The maximum absolute atomic E-state index is 12.8. The van der Waals surface area contributed by atoms with E-state index in [0.717, 1.165) is 5.56 Å². The van der Waals surface area contributed by atoms with E-state index in [0.29, 0.717) is 16.7 Å². The molecule has 0 saturated carbocycles. The Morgan fingerprint density at radius 1 is 0.550 bits per heavy atom. The van der Waals surface area contributed by atoms with Crippen LogP contribution in [0.2, 0.25) is 0 Å². The molecule has 208 valence electrons. The van der Waals surface area contributed by atoms with Gasteiger partial charge in [-0.1, -0.05) is 121 Å². The number of benzene rings is 4. The van der Waals surface area contributed by atoms with Gasteiger partial charge in [-0.2, -0.15) is 0 Å². The van der Waals surface area contributed by atoms with Gasteiger partial charge in [0, 0.05) is 25.7 Å². The summed E-state index contributed by atoms with van der Waals surface area (Å²) in [6.45, 7) is 0. The number of aliphatic hydroxyl groups is 5. The van der Waals surface area contributed by atoms with E-state index in [1.807, 2.05) is 84.9 Å². The third kappa shape index (κ3) is 5.34. The molecule has 40 heavy (non-hydrogen) atoms. The lowest BCUT2D eigenvalue weighted by Crippen LogP contribution is -2.83. The van der Waals surface area contributed by atoms with Crippen LogP contribution in [0.25, 0.3) is 0 Å². The summed E-state index contributed by atoms with van der Waals surface area (Å²) in [6, 6.07) is 36.4. The van der Waals surface area contributed by atoms with Gasteiger partial charge in [-0.05, 0) is 22.3 Å². The highest BCUT2D eigenvalue weighted by Crippen LogP contribution is 2.50. The maximum atomic E-state index is 12.8. The van der Waals surface area contributed by atoms with Crippen LogP contribution in [0, 0.1) is 0 Å². The van der Waals surface area contributed by atoms with E-state index < -0.39 is 35.3 Å². The Hall–Kier alpha value is -3.36. The molecule has 5 rings (SSSR count). The topological polar surface area (TPSA) is 110 Å². The molecule has 1 aliphatic heterocycles. The zero-order valence-corrected chi connectivity index (χ0v) is 22.3. The largest absolute Gasteiger partial charge is 0.390 e. The van der Waals surface area contributed by atoms with Crippen LogP contribution < -0.4 is 0 Å². The summed E-state index contributed by atoms with van der Waals surface area (Å²) in [4.78, 5) is 0. The fourth-order valence-corrected chi connectivity index (χ4v) is 6.04. The molecular weight excluding hydrogens is 504 g/mol. The van der Waals surface area contributed by atoms with Gasteiger partial charge in [-0.3, -0.25) is 0 Å². The van der Waals surface area contributed by atoms with Crippen LogP contribution in [0.3, 0.4) is 0 Å². The van der Waals surface area contributed by atoms with Crippen LogP contribution >= 0.6 is 0 Å². The monoisotopic (exact) mass is 540 g/mol. The molecule has 0 spiro atoms. The molecule has 6 heteroatoms. The number of hydrogen-bond acceptors (Lipinski definition) is 6. The second-order valence-electron chi connectivity index (χ2n) is 10.9. The second kappa shape index (κ2) is 11.6. The van der Waals surface area contributed by atoms with Crippen molar-refractivity contribution < 1.29 is 30.3 Å². The molecule has 4 aromatic carbocycles. The summed E-state index contributed by atoms with van der Waals surface area (Å²) in [5.74, 6) is 0. The Bertz CT molecular complexity index is 1350. The van der Waals surface area contributed by atoms with Crippen molar-refractivity contribution in [2.24, 2.45) is 0 Å². The zero-order valence-electron chi connectivity index (χ0n) is 22.3. The normalized spacial score (nSPS) is 29.1. The van der Waals surface area contributed by atoms with Gasteiger partial charge >= 0.3 is 0 Å². The Kier molecular flexibility index (Phi) is 8.19. The van der Waals surface area contributed by atoms with Gasteiger partial charge in [0.15, 0.2) is 11.9 Å². The number of aliphatic hydroxyl groups excluding tert-OH is 2. The minimum absolute atomic E-state index is 0.105. The van der Waals surface area contributed by atoms with Crippen molar-refractivity contribution in [1.82, 2.24) is 0 Å². The van der Waals surface area contributed by atoms with Gasteiger partial charge in [0.25, 0.3) is 0 Å². The summed E-state index contributed by atoms with van der Waals surface area (Å²) < 4.78 is 5.97. The predicted molar refractivity (Wildman–Crippen MR) is 152 cm³/mol. The highest BCUT2D eigenvalue weighted by molar-refractivity contribution is 5.33. The Morgan fingerprint density at radius 3 is 1.38 bits per heavy atom. The van der Waals surface area contributed by atoms with Crippen molar-refractivity contribution in [3.05, 3.63) is 144 Å². The first-order chi connectivity index (χ1) is 19.2. The quantitative estimate of drug-likeness (QED) is 0.223. The summed E-state index contributed by atoms with van der Waals surface area (Å²) >= 11 is 0. The lowest BCUT2D eigenvalue weighted by atomic mass is 9.59. The van der Waals surface area contributed by atoms with Crippen LogP contribution in [0.5, 0.6) is 0 Å². The van der Waals surface area contributed by atoms with Gasteiger partial charge in [-0.15, -0.1) is 0 Å². The van der Waals surface area contributed by atoms with Gasteiger partial charge in [0.2, 0.25) is 0 Å². The van der Waals surface area contributed by atoms with Crippen molar-refractivity contribution in [2.75, 3.05) is 0 Å². The summed E-state index contributed by atoms with van der Waals surface area (Å²) in [6.07, 6.45) is -5.09. The summed E-state index contributed by atoms with van der Waals surface area (Å²) in [7, 11) is 0. The molecule has 6 atom stereocenters. The molecule has 6 nitrogen and oxygen atoms in total. The lowest BCUT2D eigenvalue weighted by molar-refractivity contribution is -0.401. The lowest BCUT2D eigenvalue weighted by Gasteiger charge is -2.61. The SMILES string of the molecule is OC(Cc1ccccc1)[C@H]1OC(O)[C@@](O)(Cc2ccccc2)[C@](O)(Cc2ccccc2)[C@@]1(O)Cc1ccccc1. The van der Waals surface area contributed by atoms with Crippen LogP contribution in [0.4, 0.5) is 0 Å². The molecule has 0 radical (unpaired) electrons. The number of rotatable bonds is 9. The summed E-state index contributed by atoms with van der Waals surface area (Å²) in [5.41, 5.74) is -4.15. The minimum atomic E-state index is -2.35. The van der Waals surface area contributed by atoms with Crippen LogP contribution in [-0.2, 0) is 30.4 Å². The second-order valence-corrected chi connectivity index (χ2v) is 10.9. The smallest absolute Gasteiger partial charge is 0.187 e. The Morgan fingerprint density at radius 2 is 0.925 bits per heavy atom. The Balaban J connectivity index is 1.66.